The number of carbonyl (C=O) groups excluding carboxylic acids is 1. The summed E-state index contributed by atoms with van der Waals surface area (Å²) in [5.41, 5.74) is 0.0569. The summed E-state index contributed by atoms with van der Waals surface area (Å²) in [7, 11) is 0. The van der Waals surface area contributed by atoms with Gasteiger partial charge in [-0.1, -0.05) is 23.1 Å². The smallest absolute Gasteiger partial charge is 0.296 e. The first-order valence-corrected chi connectivity index (χ1v) is 8.09. The van der Waals surface area contributed by atoms with Crippen molar-refractivity contribution in [3.05, 3.63) is 16.0 Å². The van der Waals surface area contributed by atoms with E-state index >= 15 is 0 Å². The Bertz CT molecular complexity index is 704. The molecule has 0 unspecified atom stereocenters. The Morgan fingerprint density at radius 2 is 2.10 bits per heavy atom. The van der Waals surface area contributed by atoms with Gasteiger partial charge in [0.05, 0.1) is 5.75 Å². The molecule has 3 rings (SSSR count). The SMILES string of the molecule is Cc1nnc2sc(SCC(=O)N3CCCC3)nn2c1=O. The number of aromatic nitrogens is 4. The molecule has 9 heteroatoms. The fourth-order valence-corrected chi connectivity index (χ4v) is 3.79. The van der Waals surface area contributed by atoms with Gasteiger partial charge >= 0.3 is 0 Å². The molecular weight excluding hydrogens is 298 g/mol. The lowest BCUT2D eigenvalue weighted by atomic mass is 10.4. The average Bonchev–Trinajstić information content (AvgIpc) is 3.09. The summed E-state index contributed by atoms with van der Waals surface area (Å²) < 4.78 is 1.91. The normalized spacial score (nSPS) is 15.2. The molecule has 2 aromatic rings. The van der Waals surface area contributed by atoms with E-state index in [1.807, 2.05) is 4.90 Å². The molecule has 0 saturated carbocycles. The monoisotopic (exact) mass is 311 g/mol. The van der Waals surface area contributed by atoms with Gasteiger partial charge in [-0.25, -0.2) is 0 Å². The number of thioether (sulfide) groups is 1. The van der Waals surface area contributed by atoms with Crippen LogP contribution >= 0.6 is 23.1 Å². The first kappa shape index (κ1) is 13.5. The number of fused-ring (bicyclic) bond motifs is 1. The molecule has 0 spiro atoms. The largest absolute Gasteiger partial charge is 0.342 e. The molecule has 0 N–H and O–H groups in total. The third kappa shape index (κ3) is 2.55. The summed E-state index contributed by atoms with van der Waals surface area (Å²) in [5, 5.41) is 11.9. The first-order chi connectivity index (χ1) is 9.65. The second kappa shape index (κ2) is 5.49. The number of hydrogen-bond acceptors (Lipinski definition) is 7. The van der Waals surface area contributed by atoms with Crippen LogP contribution in [0.15, 0.2) is 9.13 Å². The van der Waals surface area contributed by atoms with Gasteiger partial charge in [-0.2, -0.15) is 4.52 Å². The third-order valence-electron chi connectivity index (χ3n) is 3.11. The van der Waals surface area contributed by atoms with Gasteiger partial charge in [-0.05, 0) is 19.8 Å². The number of likely N-dealkylation sites (tertiary alicyclic amines) is 1. The van der Waals surface area contributed by atoms with Gasteiger partial charge in [0.15, 0.2) is 4.34 Å². The summed E-state index contributed by atoms with van der Waals surface area (Å²) in [4.78, 5) is 26.1. The Hall–Kier alpha value is -1.48. The van der Waals surface area contributed by atoms with E-state index in [4.69, 9.17) is 0 Å². The van der Waals surface area contributed by atoms with Crippen LogP contribution in [0.2, 0.25) is 0 Å². The second-order valence-corrected chi connectivity index (χ2v) is 6.71. The van der Waals surface area contributed by atoms with Gasteiger partial charge in [0.1, 0.15) is 5.69 Å². The topological polar surface area (TPSA) is 80.5 Å². The molecule has 0 radical (unpaired) electrons. The fourth-order valence-electron chi connectivity index (χ4n) is 2.01. The van der Waals surface area contributed by atoms with E-state index in [-0.39, 0.29) is 11.5 Å². The number of carbonyl (C=O) groups is 1. The zero-order chi connectivity index (χ0) is 14.1. The maximum absolute atomic E-state index is 11.9. The van der Waals surface area contributed by atoms with E-state index in [1.54, 1.807) is 6.92 Å². The van der Waals surface area contributed by atoms with Crippen LogP contribution in [0, 0.1) is 6.92 Å². The van der Waals surface area contributed by atoms with E-state index in [0.717, 1.165) is 25.9 Å². The van der Waals surface area contributed by atoms with Gasteiger partial charge in [-0.15, -0.1) is 15.3 Å². The molecule has 1 saturated heterocycles. The van der Waals surface area contributed by atoms with Crippen LogP contribution in [-0.2, 0) is 4.79 Å². The minimum absolute atomic E-state index is 0.126. The minimum Gasteiger partial charge on any atom is -0.342 e. The van der Waals surface area contributed by atoms with E-state index in [2.05, 4.69) is 15.3 Å². The van der Waals surface area contributed by atoms with Crippen LogP contribution in [0.3, 0.4) is 0 Å². The van der Waals surface area contributed by atoms with Crippen LogP contribution in [-0.4, -0.2) is 49.5 Å². The molecule has 0 aliphatic carbocycles. The molecular formula is C11H13N5O2S2. The molecule has 0 atom stereocenters. The highest BCUT2D eigenvalue weighted by Gasteiger charge is 2.19. The highest BCUT2D eigenvalue weighted by Crippen LogP contribution is 2.23. The van der Waals surface area contributed by atoms with E-state index in [1.165, 1.54) is 27.6 Å². The number of hydrogen-bond donors (Lipinski definition) is 0. The van der Waals surface area contributed by atoms with Gasteiger partial charge in [0.2, 0.25) is 10.9 Å². The van der Waals surface area contributed by atoms with Crippen molar-refractivity contribution in [3.63, 3.8) is 0 Å². The third-order valence-corrected chi connectivity index (χ3v) is 5.12. The predicted molar refractivity (Wildman–Crippen MR) is 76.2 cm³/mol. The molecule has 1 aliphatic rings. The summed E-state index contributed by atoms with van der Waals surface area (Å²) in [5.74, 6) is 0.474. The van der Waals surface area contributed by atoms with E-state index in [9.17, 15) is 9.59 Å². The fraction of sp³-hybridized carbons (Fsp3) is 0.545. The molecule has 1 fully saturated rings. The Morgan fingerprint density at radius 3 is 2.85 bits per heavy atom. The van der Waals surface area contributed by atoms with Crippen molar-refractivity contribution in [1.29, 1.82) is 0 Å². The van der Waals surface area contributed by atoms with E-state index in [0.29, 0.717) is 20.7 Å². The molecule has 2 aromatic heterocycles. The van der Waals surface area contributed by atoms with Gasteiger partial charge in [0, 0.05) is 13.1 Å². The number of rotatable bonds is 3. The van der Waals surface area contributed by atoms with Crippen LogP contribution in [0.1, 0.15) is 18.5 Å². The number of nitrogens with zero attached hydrogens (tertiary/aromatic N) is 5. The maximum atomic E-state index is 11.9. The van der Waals surface area contributed by atoms with Crippen molar-refractivity contribution in [3.8, 4) is 0 Å². The summed E-state index contributed by atoms with van der Waals surface area (Å²) >= 11 is 2.62. The Balaban J connectivity index is 1.73. The zero-order valence-corrected chi connectivity index (χ0v) is 12.5. The summed E-state index contributed by atoms with van der Waals surface area (Å²) in [6.45, 7) is 3.30. The Kier molecular flexibility index (Phi) is 3.70. The lowest BCUT2D eigenvalue weighted by molar-refractivity contribution is -0.127. The maximum Gasteiger partial charge on any atom is 0.296 e. The van der Waals surface area contributed by atoms with Crippen molar-refractivity contribution in [2.45, 2.75) is 24.1 Å². The van der Waals surface area contributed by atoms with Gasteiger partial charge < -0.3 is 4.90 Å². The van der Waals surface area contributed by atoms with Crippen molar-refractivity contribution in [1.82, 2.24) is 24.7 Å². The van der Waals surface area contributed by atoms with Crippen LogP contribution < -0.4 is 5.56 Å². The molecule has 20 heavy (non-hydrogen) atoms. The zero-order valence-electron chi connectivity index (χ0n) is 10.9. The second-order valence-electron chi connectivity index (χ2n) is 4.53. The Labute approximate surface area is 123 Å². The number of aryl methyl sites for hydroxylation is 1. The van der Waals surface area contributed by atoms with Gasteiger partial charge in [-0.3, -0.25) is 9.59 Å². The van der Waals surface area contributed by atoms with Crippen LogP contribution in [0.5, 0.6) is 0 Å². The highest BCUT2D eigenvalue weighted by molar-refractivity contribution is 8.01. The molecule has 3 heterocycles. The van der Waals surface area contributed by atoms with Crippen molar-refractivity contribution in [2.75, 3.05) is 18.8 Å². The van der Waals surface area contributed by atoms with Crippen molar-refractivity contribution >= 4 is 34.0 Å². The molecule has 7 nitrogen and oxygen atoms in total. The lowest BCUT2D eigenvalue weighted by Crippen LogP contribution is -2.29. The standard InChI is InChI=1S/C11H13N5O2S2/c1-7-9(18)16-10(13-12-7)20-11(14-16)19-6-8(17)15-4-2-3-5-15/h2-6H2,1H3. The van der Waals surface area contributed by atoms with E-state index < -0.39 is 0 Å². The van der Waals surface area contributed by atoms with Crippen molar-refractivity contribution in [2.24, 2.45) is 0 Å². The molecule has 106 valence electrons. The van der Waals surface area contributed by atoms with Gasteiger partial charge in [0.25, 0.3) is 5.56 Å². The van der Waals surface area contributed by atoms with Crippen LogP contribution in [0.25, 0.3) is 4.96 Å². The Morgan fingerprint density at radius 1 is 1.35 bits per heavy atom. The first-order valence-electron chi connectivity index (χ1n) is 6.29. The summed E-state index contributed by atoms with van der Waals surface area (Å²) in [6.07, 6.45) is 2.17. The average molecular weight is 311 g/mol. The molecule has 0 aromatic carbocycles. The lowest BCUT2D eigenvalue weighted by Gasteiger charge is -2.13. The molecule has 0 bridgehead atoms. The van der Waals surface area contributed by atoms with Crippen molar-refractivity contribution < 1.29 is 4.79 Å². The quantitative estimate of drug-likeness (QED) is 0.771. The van der Waals surface area contributed by atoms with Crippen LogP contribution in [0.4, 0.5) is 0 Å². The number of amides is 1. The highest BCUT2D eigenvalue weighted by atomic mass is 32.2. The minimum atomic E-state index is -0.260. The predicted octanol–water partition coefficient (Wildman–Crippen LogP) is 0.569. The summed E-state index contributed by atoms with van der Waals surface area (Å²) in [6, 6.07) is 0. The molecule has 1 amide bonds. The molecule has 1 aliphatic heterocycles.